The number of thiazole rings is 1. The predicted octanol–water partition coefficient (Wildman–Crippen LogP) is 3.97. The van der Waals surface area contributed by atoms with Crippen LogP contribution in [-0.4, -0.2) is 41.8 Å². The van der Waals surface area contributed by atoms with Crippen LogP contribution in [0.15, 0.2) is 48.5 Å². The number of amides is 1. The number of hydrogen-bond acceptors (Lipinski definition) is 5. The summed E-state index contributed by atoms with van der Waals surface area (Å²) >= 11 is 1.46. The molecule has 0 saturated carbocycles. The Kier molecular flexibility index (Phi) is 5.39. The predicted molar refractivity (Wildman–Crippen MR) is 110 cm³/mol. The number of aromatic nitrogens is 1. The molecule has 0 bridgehead atoms. The molecule has 1 aromatic heterocycles. The first-order chi connectivity index (χ1) is 13.7. The summed E-state index contributed by atoms with van der Waals surface area (Å²) in [6.45, 7) is 1.21. The van der Waals surface area contributed by atoms with Crippen LogP contribution in [0.5, 0.6) is 5.75 Å². The van der Waals surface area contributed by atoms with Crippen LogP contribution in [-0.2, 0) is 11.2 Å². The summed E-state index contributed by atoms with van der Waals surface area (Å²) in [6.07, 6.45) is 1.69. The molecular weight excluding hydrogens is 372 g/mol. The molecule has 0 atom stereocenters. The molecule has 1 aliphatic heterocycles. The normalized spacial score (nSPS) is 15.0. The summed E-state index contributed by atoms with van der Waals surface area (Å²) in [4.78, 5) is 31.9. The van der Waals surface area contributed by atoms with Crippen LogP contribution in [0.25, 0.3) is 10.2 Å². The molecule has 1 saturated heterocycles. The highest BCUT2D eigenvalue weighted by atomic mass is 32.1. The van der Waals surface area contributed by atoms with Crippen LogP contribution in [0.2, 0.25) is 0 Å². The number of hydrogen-bond donors (Lipinski definition) is 0. The van der Waals surface area contributed by atoms with Gasteiger partial charge in [0.15, 0.2) is 10.8 Å². The highest BCUT2D eigenvalue weighted by Crippen LogP contribution is 2.28. The van der Waals surface area contributed by atoms with E-state index in [1.54, 1.807) is 7.11 Å². The van der Waals surface area contributed by atoms with Crippen molar-refractivity contribution in [3.05, 3.63) is 59.1 Å². The summed E-state index contributed by atoms with van der Waals surface area (Å²) in [5, 5.41) is 0.583. The van der Waals surface area contributed by atoms with E-state index in [1.807, 2.05) is 53.4 Å². The van der Waals surface area contributed by atoms with Gasteiger partial charge in [0.05, 0.1) is 23.7 Å². The van der Waals surface area contributed by atoms with Crippen molar-refractivity contribution in [2.24, 2.45) is 5.92 Å². The number of piperidine rings is 1. The van der Waals surface area contributed by atoms with Crippen molar-refractivity contribution in [2.75, 3.05) is 20.2 Å². The van der Waals surface area contributed by atoms with Gasteiger partial charge in [-0.25, -0.2) is 4.98 Å². The van der Waals surface area contributed by atoms with Crippen molar-refractivity contribution < 1.29 is 14.3 Å². The number of para-hydroxylation sites is 2. The van der Waals surface area contributed by atoms with Gasteiger partial charge >= 0.3 is 0 Å². The van der Waals surface area contributed by atoms with Gasteiger partial charge in [-0.2, -0.15) is 0 Å². The largest absolute Gasteiger partial charge is 0.496 e. The number of Topliss-reactive ketones (excluding diaryl/α,β-unsaturated/α-hetero) is 1. The molecular formula is C22H22N2O3S. The summed E-state index contributed by atoms with van der Waals surface area (Å²) in [5.74, 6) is 0.862. The van der Waals surface area contributed by atoms with E-state index in [2.05, 4.69) is 4.98 Å². The van der Waals surface area contributed by atoms with Gasteiger partial charge in [-0.15, -0.1) is 11.3 Å². The van der Waals surface area contributed by atoms with Crippen LogP contribution in [0.3, 0.4) is 0 Å². The molecule has 1 aliphatic rings. The fourth-order valence-corrected chi connectivity index (χ4v) is 4.65. The third-order valence-electron chi connectivity index (χ3n) is 5.26. The van der Waals surface area contributed by atoms with Crippen molar-refractivity contribution in [3.63, 3.8) is 0 Å². The number of fused-ring (bicyclic) bond motifs is 1. The van der Waals surface area contributed by atoms with E-state index in [9.17, 15) is 9.59 Å². The maximum Gasteiger partial charge on any atom is 0.227 e. The second kappa shape index (κ2) is 8.10. The van der Waals surface area contributed by atoms with Gasteiger partial charge in [0.1, 0.15) is 5.75 Å². The number of carbonyl (C=O) groups excluding carboxylic acids is 2. The lowest BCUT2D eigenvalue weighted by Crippen LogP contribution is -2.41. The standard InChI is InChI=1S/C22H22N2O3S/c1-27-18-8-4-2-6-16(18)14-20(25)24-12-10-15(11-13-24)21(26)22-23-17-7-3-5-9-19(17)28-22/h2-9,15H,10-14H2,1H3. The maximum atomic E-state index is 12.8. The first kappa shape index (κ1) is 18.6. The highest BCUT2D eigenvalue weighted by molar-refractivity contribution is 7.20. The quantitative estimate of drug-likeness (QED) is 0.615. The topological polar surface area (TPSA) is 59.5 Å². The Bertz CT molecular complexity index is 973. The molecule has 4 rings (SSSR count). The van der Waals surface area contributed by atoms with Crippen LogP contribution >= 0.6 is 11.3 Å². The van der Waals surface area contributed by atoms with Gasteiger partial charge in [0, 0.05) is 24.6 Å². The molecule has 6 heteroatoms. The lowest BCUT2D eigenvalue weighted by Gasteiger charge is -2.31. The van der Waals surface area contributed by atoms with Gasteiger partial charge < -0.3 is 9.64 Å². The van der Waals surface area contributed by atoms with E-state index in [0.29, 0.717) is 37.4 Å². The monoisotopic (exact) mass is 394 g/mol. The average Bonchev–Trinajstić information content (AvgIpc) is 3.18. The molecule has 144 valence electrons. The molecule has 0 aliphatic carbocycles. The Hall–Kier alpha value is -2.73. The van der Waals surface area contributed by atoms with Gasteiger partial charge in [0.2, 0.25) is 5.91 Å². The van der Waals surface area contributed by atoms with Crippen molar-refractivity contribution >= 4 is 33.2 Å². The van der Waals surface area contributed by atoms with Crippen molar-refractivity contribution in [1.82, 2.24) is 9.88 Å². The molecule has 0 radical (unpaired) electrons. The third kappa shape index (κ3) is 3.78. The number of ketones is 1. The molecule has 2 aromatic carbocycles. The zero-order valence-corrected chi connectivity index (χ0v) is 16.6. The second-order valence-electron chi connectivity index (χ2n) is 6.99. The first-order valence-corrected chi connectivity index (χ1v) is 10.3. The zero-order valence-electron chi connectivity index (χ0n) is 15.8. The molecule has 2 heterocycles. The summed E-state index contributed by atoms with van der Waals surface area (Å²) in [7, 11) is 1.61. The van der Waals surface area contributed by atoms with E-state index < -0.39 is 0 Å². The Morgan fingerprint density at radius 2 is 1.82 bits per heavy atom. The fraction of sp³-hybridized carbons (Fsp3) is 0.318. The van der Waals surface area contributed by atoms with Gasteiger partial charge in [0.25, 0.3) is 0 Å². The van der Waals surface area contributed by atoms with Crippen LogP contribution in [0, 0.1) is 5.92 Å². The van der Waals surface area contributed by atoms with Crippen molar-refractivity contribution in [1.29, 1.82) is 0 Å². The number of carbonyl (C=O) groups is 2. The lowest BCUT2D eigenvalue weighted by atomic mass is 9.92. The van der Waals surface area contributed by atoms with Crippen molar-refractivity contribution in [2.45, 2.75) is 19.3 Å². The Labute approximate surface area is 168 Å². The van der Waals surface area contributed by atoms with E-state index in [-0.39, 0.29) is 17.6 Å². The molecule has 5 nitrogen and oxygen atoms in total. The average molecular weight is 394 g/mol. The summed E-state index contributed by atoms with van der Waals surface area (Å²) < 4.78 is 6.37. The molecule has 0 N–H and O–H groups in total. The molecule has 1 amide bonds. The minimum absolute atomic E-state index is 0.0594. The number of benzene rings is 2. The van der Waals surface area contributed by atoms with E-state index >= 15 is 0 Å². The first-order valence-electron chi connectivity index (χ1n) is 9.45. The van der Waals surface area contributed by atoms with Gasteiger partial charge in [-0.1, -0.05) is 30.3 Å². The Morgan fingerprint density at radius 1 is 1.11 bits per heavy atom. The van der Waals surface area contributed by atoms with Gasteiger partial charge in [-0.05, 0) is 31.0 Å². The van der Waals surface area contributed by atoms with Gasteiger partial charge in [-0.3, -0.25) is 9.59 Å². The second-order valence-corrected chi connectivity index (χ2v) is 8.03. The Morgan fingerprint density at radius 3 is 2.57 bits per heavy atom. The minimum Gasteiger partial charge on any atom is -0.496 e. The number of rotatable bonds is 5. The third-order valence-corrected chi connectivity index (χ3v) is 6.31. The molecule has 3 aromatic rings. The summed E-state index contributed by atoms with van der Waals surface area (Å²) in [5.41, 5.74) is 1.77. The zero-order chi connectivity index (χ0) is 19.5. The smallest absolute Gasteiger partial charge is 0.227 e. The number of methoxy groups -OCH3 is 1. The maximum absolute atomic E-state index is 12.8. The SMILES string of the molecule is COc1ccccc1CC(=O)N1CCC(C(=O)c2nc3ccccc3s2)CC1. The Balaban J connectivity index is 1.37. The number of likely N-dealkylation sites (tertiary alicyclic amines) is 1. The minimum atomic E-state index is -0.0594. The van der Waals surface area contributed by atoms with Crippen molar-refractivity contribution in [3.8, 4) is 5.75 Å². The molecule has 0 spiro atoms. The van der Waals surface area contributed by atoms with Crippen LogP contribution < -0.4 is 4.74 Å². The van der Waals surface area contributed by atoms with E-state index in [4.69, 9.17) is 4.74 Å². The lowest BCUT2D eigenvalue weighted by molar-refractivity contribution is -0.131. The molecule has 28 heavy (non-hydrogen) atoms. The fourth-order valence-electron chi connectivity index (χ4n) is 3.67. The van der Waals surface area contributed by atoms with E-state index in [1.165, 1.54) is 11.3 Å². The van der Waals surface area contributed by atoms with Crippen LogP contribution in [0.1, 0.15) is 28.2 Å². The molecule has 0 unspecified atom stereocenters. The molecule has 1 fully saturated rings. The van der Waals surface area contributed by atoms with Crippen LogP contribution in [0.4, 0.5) is 0 Å². The highest BCUT2D eigenvalue weighted by Gasteiger charge is 2.29. The summed E-state index contributed by atoms with van der Waals surface area (Å²) in [6, 6.07) is 15.4. The van der Waals surface area contributed by atoms with E-state index in [0.717, 1.165) is 21.5 Å². The number of nitrogens with zero attached hydrogens (tertiary/aromatic N) is 2. The number of ether oxygens (including phenoxy) is 1.